The van der Waals surface area contributed by atoms with Crippen LogP contribution in [0, 0.1) is 5.92 Å². The number of ether oxygens (including phenoxy) is 1. The van der Waals surface area contributed by atoms with Crippen molar-refractivity contribution in [3.8, 4) is 0 Å². The Hall–Kier alpha value is -0.120. The van der Waals surface area contributed by atoms with Crippen LogP contribution in [0.1, 0.15) is 52.9 Å². The Morgan fingerprint density at radius 2 is 2.06 bits per heavy atom. The van der Waals surface area contributed by atoms with Crippen LogP contribution in [-0.4, -0.2) is 48.5 Å². The minimum absolute atomic E-state index is 0.155. The maximum atomic E-state index is 10.3. The normalized spacial score (nSPS) is 30.7. The van der Waals surface area contributed by atoms with Crippen LogP contribution in [0.5, 0.6) is 0 Å². The van der Waals surface area contributed by atoms with E-state index in [-0.39, 0.29) is 6.10 Å². The molecule has 0 amide bonds. The summed E-state index contributed by atoms with van der Waals surface area (Å²) in [6.45, 7) is 8.37. The quantitative estimate of drug-likeness (QED) is 0.761. The van der Waals surface area contributed by atoms with Crippen LogP contribution in [0.3, 0.4) is 0 Å². The SMILES string of the molecule is CCCC1CCC(O)C(N(CC)C(C)COC)C1. The molecule has 0 saturated heterocycles. The monoisotopic (exact) mass is 257 g/mol. The molecule has 18 heavy (non-hydrogen) atoms. The van der Waals surface area contributed by atoms with Crippen LogP contribution in [0.25, 0.3) is 0 Å². The smallest absolute Gasteiger partial charge is 0.0695 e. The molecule has 0 bridgehead atoms. The lowest BCUT2D eigenvalue weighted by Gasteiger charge is -2.43. The summed E-state index contributed by atoms with van der Waals surface area (Å²) in [5.41, 5.74) is 0. The largest absolute Gasteiger partial charge is 0.391 e. The summed E-state index contributed by atoms with van der Waals surface area (Å²) in [6.07, 6.45) is 5.72. The molecule has 4 atom stereocenters. The second-order valence-electron chi connectivity index (χ2n) is 5.74. The van der Waals surface area contributed by atoms with Crippen LogP contribution < -0.4 is 0 Å². The Morgan fingerprint density at radius 1 is 1.33 bits per heavy atom. The number of rotatable bonds is 7. The lowest BCUT2D eigenvalue weighted by Crippen LogP contribution is -2.52. The molecular weight excluding hydrogens is 226 g/mol. The first-order chi connectivity index (χ1) is 8.63. The van der Waals surface area contributed by atoms with Crippen LogP contribution in [0.4, 0.5) is 0 Å². The lowest BCUT2D eigenvalue weighted by molar-refractivity contribution is -0.0264. The van der Waals surface area contributed by atoms with E-state index >= 15 is 0 Å². The van der Waals surface area contributed by atoms with Crippen molar-refractivity contribution in [3.63, 3.8) is 0 Å². The van der Waals surface area contributed by atoms with Crippen LogP contribution in [-0.2, 0) is 4.74 Å². The Morgan fingerprint density at radius 3 is 2.61 bits per heavy atom. The minimum Gasteiger partial charge on any atom is -0.391 e. The van der Waals surface area contributed by atoms with Gasteiger partial charge < -0.3 is 9.84 Å². The van der Waals surface area contributed by atoms with E-state index in [1.165, 1.54) is 19.3 Å². The van der Waals surface area contributed by atoms with Gasteiger partial charge in [0.05, 0.1) is 12.7 Å². The highest BCUT2D eigenvalue weighted by atomic mass is 16.5. The average Bonchev–Trinajstić information content (AvgIpc) is 2.34. The van der Waals surface area contributed by atoms with Gasteiger partial charge in [-0.3, -0.25) is 4.90 Å². The van der Waals surface area contributed by atoms with Gasteiger partial charge >= 0.3 is 0 Å². The minimum atomic E-state index is -0.155. The standard InChI is InChI=1S/C15H31NO2/c1-5-7-13-8-9-15(17)14(10-13)16(6-2)12(3)11-18-4/h12-15,17H,5-11H2,1-4H3. The summed E-state index contributed by atoms with van der Waals surface area (Å²) in [7, 11) is 1.75. The second-order valence-corrected chi connectivity index (χ2v) is 5.74. The Balaban J connectivity index is 2.63. The molecule has 0 heterocycles. The molecule has 3 nitrogen and oxygen atoms in total. The van der Waals surface area contributed by atoms with E-state index in [9.17, 15) is 5.11 Å². The molecule has 0 aromatic carbocycles. The van der Waals surface area contributed by atoms with Crippen molar-refractivity contribution in [3.05, 3.63) is 0 Å². The van der Waals surface area contributed by atoms with Gasteiger partial charge in [0.15, 0.2) is 0 Å². The maximum Gasteiger partial charge on any atom is 0.0695 e. The van der Waals surface area contributed by atoms with Gasteiger partial charge in [-0.2, -0.15) is 0 Å². The molecular formula is C15H31NO2. The summed E-state index contributed by atoms with van der Waals surface area (Å²) in [5.74, 6) is 0.798. The van der Waals surface area contributed by atoms with Crippen molar-refractivity contribution in [2.45, 2.75) is 71.1 Å². The van der Waals surface area contributed by atoms with E-state index in [0.29, 0.717) is 12.1 Å². The Kier molecular flexibility index (Phi) is 7.20. The molecule has 0 aliphatic heterocycles. The van der Waals surface area contributed by atoms with Crippen LogP contribution >= 0.6 is 0 Å². The van der Waals surface area contributed by atoms with E-state index in [0.717, 1.165) is 31.9 Å². The fourth-order valence-corrected chi connectivity index (χ4v) is 3.45. The third kappa shape index (κ3) is 4.22. The molecule has 1 rings (SSSR count). The van der Waals surface area contributed by atoms with E-state index in [2.05, 4.69) is 25.7 Å². The molecule has 108 valence electrons. The van der Waals surface area contributed by atoms with Crippen LogP contribution in [0.2, 0.25) is 0 Å². The number of nitrogens with zero attached hydrogens (tertiary/aromatic N) is 1. The van der Waals surface area contributed by atoms with Gasteiger partial charge in [0.1, 0.15) is 0 Å². The van der Waals surface area contributed by atoms with Gasteiger partial charge in [-0.1, -0.05) is 26.7 Å². The lowest BCUT2D eigenvalue weighted by atomic mass is 9.80. The molecule has 1 fully saturated rings. The topological polar surface area (TPSA) is 32.7 Å². The fraction of sp³-hybridized carbons (Fsp3) is 1.00. The van der Waals surface area contributed by atoms with E-state index < -0.39 is 0 Å². The first-order valence-corrected chi connectivity index (χ1v) is 7.56. The van der Waals surface area contributed by atoms with Crippen molar-refractivity contribution >= 4 is 0 Å². The van der Waals surface area contributed by atoms with Gasteiger partial charge in [-0.15, -0.1) is 0 Å². The van der Waals surface area contributed by atoms with Crippen molar-refractivity contribution in [2.24, 2.45) is 5.92 Å². The van der Waals surface area contributed by atoms with Gasteiger partial charge in [-0.25, -0.2) is 0 Å². The van der Waals surface area contributed by atoms with Gasteiger partial charge in [0.2, 0.25) is 0 Å². The summed E-state index contributed by atoms with van der Waals surface area (Å²) in [6, 6.07) is 0.713. The summed E-state index contributed by atoms with van der Waals surface area (Å²) in [5, 5.41) is 10.3. The van der Waals surface area contributed by atoms with Crippen molar-refractivity contribution in [1.29, 1.82) is 0 Å². The van der Waals surface area contributed by atoms with Gasteiger partial charge in [0, 0.05) is 19.2 Å². The van der Waals surface area contributed by atoms with Crippen molar-refractivity contribution in [1.82, 2.24) is 4.90 Å². The third-order valence-electron chi connectivity index (χ3n) is 4.35. The zero-order chi connectivity index (χ0) is 13.5. The molecule has 1 aliphatic carbocycles. The predicted molar refractivity (Wildman–Crippen MR) is 75.8 cm³/mol. The third-order valence-corrected chi connectivity index (χ3v) is 4.35. The molecule has 0 aromatic heterocycles. The Bertz CT molecular complexity index is 223. The summed E-state index contributed by atoms with van der Waals surface area (Å²) < 4.78 is 5.26. The zero-order valence-electron chi connectivity index (χ0n) is 12.6. The van der Waals surface area contributed by atoms with E-state index in [4.69, 9.17) is 4.74 Å². The first kappa shape index (κ1) is 15.9. The predicted octanol–water partition coefficient (Wildman–Crippen LogP) is 2.67. The summed E-state index contributed by atoms with van der Waals surface area (Å²) >= 11 is 0. The van der Waals surface area contributed by atoms with Crippen molar-refractivity contribution < 1.29 is 9.84 Å². The molecule has 1 N–H and O–H groups in total. The van der Waals surface area contributed by atoms with Gasteiger partial charge in [-0.05, 0) is 38.6 Å². The zero-order valence-corrected chi connectivity index (χ0v) is 12.6. The number of hydrogen-bond acceptors (Lipinski definition) is 3. The number of methoxy groups -OCH3 is 1. The molecule has 1 saturated carbocycles. The highest BCUT2D eigenvalue weighted by Gasteiger charge is 2.34. The second kappa shape index (κ2) is 8.13. The van der Waals surface area contributed by atoms with Crippen LogP contribution in [0.15, 0.2) is 0 Å². The number of aliphatic hydroxyl groups excluding tert-OH is 1. The van der Waals surface area contributed by atoms with E-state index in [1.807, 2.05) is 0 Å². The average molecular weight is 257 g/mol. The molecule has 0 radical (unpaired) electrons. The number of likely N-dealkylation sites (N-methyl/N-ethyl adjacent to an activating group) is 1. The highest BCUT2D eigenvalue weighted by molar-refractivity contribution is 4.88. The Labute approximate surface area is 113 Å². The van der Waals surface area contributed by atoms with E-state index in [1.54, 1.807) is 7.11 Å². The first-order valence-electron chi connectivity index (χ1n) is 7.56. The molecule has 4 unspecified atom stereocenters. The molecule has 3 heteroatoms. The number of hydrogen-bond donors (Lipinski definition) is 1. The molecule has 1 aliphatic rings. The summed E-state index contributed by atoms with van der Waals surface area (Å²) in [4.78, 5) is 2.43. The fourth-order valence-electron chi connectivity index (χ4n) is 3.45. The molecule has 0 aromatic rings. The van der Waals surface area contributed by atoms with Gasteiger partial charge in [0.25, 0.3) is 0 Å². The van der Waals surface area contributed by atoms with Crippen molar-refractivity contribution in [2.75, 3.05) is 20.3 Å². The highest BCUT2D eigenvalue weighted by Crippen LogP contribution is 2.31. The number of aliphatic hydroxyl groups is 1. The maximum absolute atomic E-state index is 10.3. The molecule has 0 spiro atoms.